The zero-order chi connectivity index (χ0) is 14.8. The summed E-state index contributed by atoms with van der Waals surface area (Å²) in [5.41, 5.74) is 10.5. The van der Waals surface area contributed by atoms with E-state index in [1.54, 1.807) is 0 Å². The van der Waals surface area contributed by atoms with Gasteiger partial charge in [0, 0.05) is 16.1 Å². The van der Waals surface area contributed by atoms with Crippen LogP contribution in [0, 0.1) is 6.92 Å². The number of nitrogens with zero attached hydrogens (tertiary/aromatic N) is 2. The average Bonchev–Trinajstić information content (AvgIpc) is 2.83. The van der Waals surface area contributed by atoms with Gasteiger partial charge in [-0.15, -0.1) is 0 Å². The molecule has 0 aliphatic rings. The van der Waals surface area contributed by atoms with Gasteiger partial charge in [-0.3, -0.25) is 0 Å². The first-order valence-corrected chi connectivity index (χ1v) is 7.56. The average molecular weight is 342 g/mol. The first-order valence-electron chi connectivity index (χ1n) is 6.77. The highest BCUT2D eigenvalue weighted by molar-refractivity contribution is 9.10. The molecule has 1 heterocycles. The quantitative estimate of drug-likeness (QED) is 0.773. The lowest BCUT2D eigenvalue weighted by Gasteiger charge is -2.06. The molecule has 0 aliphatic heterocycles. The molecule has 0 amide bonds. The van der Waals surface area contributed by atoms with E-state index in [4.69, 9.17) is 5.73 Å². The Morgan fingerprint density at radius 1 is 1.10 bits per heavy atom. The van der Waals surface area contributed by atoms with Crippen molar-refractivity contribution in [2.45, 2.75) is 13.5 Å². The third-order valence-corrected chi connectivity index (χ3v) is 4.18. The van der Waals surface area contributed by atoms with E-state index in [2.05, 4.69) is 52.2 Å². The van der Waals surface area contributed by atoms with E-state index in [1.165, 1.54) is 5.56 Å². The van der Waals surface area contributed by atoms with Gasteiger partial charge < -0.3 is 5.73 Å². The van der Waals surface area contributed by atoms with Crippen molar-refractivity contribution in [2.24, 2.45) is 0 Å². The van der Waals surface area contributed by atoms with E-state index in [9.17, 15) is 0 Å². The second kappa shape index (κ2) is 5.74. The van der Waals surface area contributed by atoms with Crippen LogP contribution in [0.15, 0.2) is 59.1 Å². The predicted octanol–water partition coefficient (Wildman–Crippen LogP) is 4.25. The van der Waals surface area contributed by atoms with Crippen LogP contribution in [-0.4, -0.2) is 9.78 Å². The molecule has 106 valence electrons. The molecular formula is C17H16BrN3. The van der Waals surface area contributed by atoms with Crippen LogP contribution in [0.25, 0.3) is 11.3 Å². The van der Waals surface area contributed by atoms with Crippen LogP contribution in [0.5, 0.6) is 0 Å². The molecule has 0 fully saturated rings. The zero-order valence-corrected chi connectivity index (χ0v) is 13.3. The monoisotopic (exact) mass is 341 g/mol. The van der Waals surface area contributed by atoms with E-state index in [0.29, 0.717) is 12.4 Å². The standard InChI is InChI=1S/C17H16BrN3/c1-12-5-4-7-13(9-12)16-10-17(19)21(20-16)11-14-6-2-3-8-15(14)18/h2-10H,11,19H2,1H3. The lowest BCUT2D eigenvalue weighted by molar-refractivity contribution is 0.698. The molecule has 2 N–H and O–H groups in total. The van der Waals surface area contributed by atoms with Gasteiger partial charge in [-0.25, -0.2) is 4.68 Å². The van der Waals surface area contributed by atoms with Crippen molar-refractivity contribution < 1.29 is 0 Å². The third kappa shape index (κ3) is 3.00. The van der Waals surface area contributed by atoms with Gasteiger partial charge in [0.15, 0.2) is 0 Å². The summed E-state index contributed by atoms with van der Waals surface area (Å²) < 4.78 is 2.90. The third-order valence-electron chi connectivity index (χ3n) is 3.40. The Hall–Kier alpha value is -2.07. The van der Waals surface area contributed by atoms with Crippen LogP contribution < -0.4 is 5.73 Å². The first kappa shape index (κ1) is 13.9. The maximum absolute atomic E-state index is 6.10. The first-order chi connectivity index (χ1) is 10.1. The Morgan fingerprint density at radius 2 is 1.90 bits per heavy atom. The van der Waals surface area contributed by atoms with Gasteiger partial charge in [-0.05, 0) is 24.6 Å². The number of benzene rings is 2. The SMILES string of the molecule is Cc1cccc(-c2cc(N)n(Cc3ccccc3Br)n2)c1. The second-order valence-corrected chi connectivity index (χ2v) is 5.93. The number of nitrogen functional groups attached to an aromatic ring is 1. The Balaban J connectivity index is 1.93. The summed E-state index contributed by atoms with van der Waals surface area (Å²) in [4.78, 5) is 0. The van der Waals surface area contributed by atoms with Gasteiger partial charge in [0.05, 0.1) is 12.2 Å². The second-order valence-electron chi connectivity index (χ2n) is 5.07. The summed E-state index contributed by atoms with van der Waals surface area (Å²) in [6, 6.07) is 18.3. The summed E-state index contributed by atoms with van der Waals surface area (Å²) in [6.07, 6.45) is 0. The molecule has 4 heteroatoms. The Labute approximate surface area is 132 Å². The van der Waals surface area contributed by atoms with Crippen molar-refractivity contribution >= 4 is 21.7 Å². The zero-order valence-electron chi connectivity index (χ0n) is 11.8. The van der Waals surface area contributed by atoms with E-state index >= 15 is 0 Å². The van der Waals surface area contributed by atoms with E-state index in [1.807, 2.05) is 35.0 Å². The predicted molar refractivity (Wildman–Crippen MR) is 90.1 cm³/mol. The molecule has 0 bridgehead atoms. The van der Waals surface area contributed by atoms with Gasteiger partial charge in [0.25, 0.3) is 0 Å². The summed E-state index contributed by atoms with van der Waals surface area (Å²) in [7, 11) is 0. The number of nitrogens with two attached hydrogens (primary N) is 1. The highest BCUT2D eigenvalue weighted by Crippen LogP contribution is 2.23. The Morgan fingerprint density at radius 3 is 2.67 bits per heavy atom. The van der Waals surface area contributed by atoms with Gasteiger partial charge >= 0.3 is 0 Å². The van der Waals surface area contributed by atoms with Crippen LogP contribution in [-0.2, 0) is 6.54 Å². The smallest absolute Gasteiger partial charge is 0.122 e. The van der Waals surface area contributed by atoms with Crippen LogP contribution in [0.3, 0.4) is 0 Å². The number of halogens is 1. The molecule has 0 atom stereocenters. The summed E-state index contributed by atoms with van der Waals surface area (Å²) in [6.45, 7) is 2.73. The number of anilines is 1. The fourth-order valence-electron chi connectivity index (χ4n) is 2.29. The summed E-state index contributed by atoms with van der Waals surface area (Å²) in [5.74, 6) is 0.669. The van der Waals surface area contributed by atoms with Gasteiger partial charge in [0.2, 0.25) is 0 Å². The molecule has 0 saturated carbocycles. The van der Waals surface area contributed by atoms with Crippen LogP contribution in [0.4, 0.5) is 5.82 Å². The van der Waals surface area contributed by atoms with Crippen LogP contribution in [0.2, 0.25) is 0 Å². The van der Waals surface area contributed by atoms with Crippen LogP contribution in [0.1, 0.15) is 11.1 Å². The molecule has 3 rings (SSSR count). The lowest BCUT2D eigenvalue weighted by atomic mass is 10.1. The fraction of sp³-hybridized carbons (Fsp3) is 0.118. The van der Waals surface area contributed by atoms with Gasteiger partial charge in [-0.1, -0.05) is 57.9 Å². The number of rotatable bonds is 3. The maximum Gasteiger partial charge on any atom is 0.122 e. The minimum Gasteiger partial charge on any atom is -0.384 e. The van der Waals surface area contributed by atoms with E-state index in [-0.39, 0.29) is 0 Å². The van der Waals surface area contributed by atoms with Gasteiger partial charge in [0.1, 0.15) is 5.82 Å². The van der Waals surface area contributed by atoms with Crippen molar-refractivity contribution in [2.75, 3.05) is 5.73 Å². The molecule has 0 radical (unpaired) electrons. The molecule has 21 heavy (non-hydrogen) atoms. The molecule has 0 unspecified atom stereocenters. The lowest BCUT2D eigenvalue weighted by Crippen LogP contribution is -2.06. The molecular weight excluding hydrogens is 326 g/mol. The van der Waals surface area contributed by atoms with Crippen molar-refractivity contribution in [3.05, 3.63) is 70.2 Å². The molecule has 0 aliphatic carbocycles. The topological polar surface area (TPSA) is 43.8 Å². The van der Waals surface area contributed by atoms with Crippen LogP contribution >= 0.6 is 15.9 Å². The number of aryl methyl sites for hydroxylation is 1. The summed E-state index contributed by atoms with van der Waals surface area (Å²) in [5, 5.41) is 4.63. The van der Waals surface area contributed by atoms with E-state index < -0.39 is 0 Å². The highest BCUT2D eigenvalue weighted by Gasteiger charge is 2.09. The molecule has 2 aromatic carbocycles. The summed E-state index contributed by atoms with van der Waals surface area (Å²) >= 11 is 3.56. The van der Waals surface area contributed by atoms with Crippen molar-refractivity contribution in [1.82, 2.24) is 9.78 Å². The fourth-order valence-corrected chi connectivity index (χ4v) is 2.70. The van der Waals surface area contributed by atoms with Crippen molar-refractivity contribution in [1.29, 1.82) is 0 Å². The number of hydrogen-bond acceptors (Lipinski definition) is 2. The van der Waals surface area contributed by atoms with E-state index in [0.717, 1.165) is 21.3 Å². The molecule has 1 aromatic heterocycles. The Bertz CT molecular complexity index is 777. The highest BCUT2D eigenvalue weighted by atomic mass is 79.9. The van der Waals surface area contributed by atoms with Crippen molar-refractivity contribution in [3.8, 4) is 11.3 Å². The molecule has 0 saturated heterocycles. The van der Waals surface area contributed by atoms with Crippen molar-refractivity contribution in [3.63, 3.8) is 0 Å². The Kier molecular flexibility index (Phi) is 3.80. The molecule has 0 spiro atoms. The largest absolute Gasteiger partial charge is 0.384 e. The van der Waals surface area contributed by atoms with Gasteiger partial charge in [-0.2, -0.15) is 5.10 Å². The maximum atomic E-state index is 6.10. The molecule has 3 nitrogen and oxygen atoms in total. The minimum atomic E-state index is 0.652. The minimum absolute atomic E-state index is 0.652. The number of aromatic nitrogens is 2. The normalized spacial score (nSPS) is 10.8. The number of hydrogen-bond donors (Lipinski definition) is 1. The molecule has 3 aromatic rings.